The molecule has 14 heteroatoms. The zero-order valence-corrected chi connectivity index (χ0v) is 35.3. The van der Waals surface area contributed by atoms with Crippen molar-refractivity contribution in [2.75, 3.05) is 42.4 Å². The van der Waals surface area contributed by atoms with Gasteiger partial charge in [0.25, 0.3) is 5.91 Å². The zero-order chi connectivity index (χ0) is 43.3. The highest BCUT2D eigenvalue weighted by Crippen LogP contribution is 2.22. The second-order valence-corrected chi connectivity index (χ2v) is 15.2. The summed E-state index contributed by atoms with van der Waals surface area (Å²) in [7, 11) is 9.21. The van der Waals surface area contributed by atoms with Crippen LogP contribution in [0.25, 0.3) is 0 Å². The molecule has 316 valence electrons. The Hall–Kier alpha value is -5.63. The van der Waals surface area contributed by atoms with Gasteiger partial charge in [0.05, 0.1) is 14.2 Å². The number of phenols is 2. The molecule has 0 aliphatic carbocycles. The van der Waals surface area contributed by atoms with Crippen LogP contribution in [0.3, 0.4) is 0 Å². The molecule has 3 aromatic carbocycles. The molecule has 0 fully saturated rings. The number of benzene rings is 3. The Kier molecular flexibility index (Phi) is 17.5. The number of esters is 2. The molecule has 0 spiro atoms. The van der Waals surface area contributed by atoms with Crippen LogP contribution in [0.4, 0.5) is 0 Å². The van der Waals surface area contributed by atoms with E-state index in [2.05, 4.69) is 5.32 Å². The Morgan fingerprint density at radius 2 is 1.09 bits per heavy atom. The summed E-state index contributed by atoms with van der Waals surface area (Å²) >= 11 is 0. The van der Waals surface area contributed by atoms with Crippen LogP contribution in [-0.4, -0.2) is 127 Å². The smallest absolute Gasteiger partial charge is 0.328 e. The normalized spacial score (nSPS) is 14.3. The first-order valence-corrected chi connectivity index (χ1v) is 19.4. The maximum atomic E-state index is 14.5. The number of hydrogen-bond donors (Lipinski definition) is 3. The number of nitrogens with one attached hydrogen (secondary N) is 1. The molecule has 0 saturated carbocycles. The SMILES string of the molecule is CC[C@H](C)[C@@H](OC(=O)[C@@H](Cc1ccc(OC)cc1)N(C)C)C(=O)N[C@H](C(=O)N(C)[C@H](Cc1ccc(O)cc1)C(=O)N(C)[C@H](Cc1ccc(O)cc1)C(=O)OC)C(C)C. The van der Waals surface area contributed by atoms with E-state index in [1.54, 1.807) is 83.3 Å². The van der Waals surface area contributed by atoms with Crippen LogP contribution in [0.5, 0.6) is 17.2 Å². The lowest BCUT2D eigenvalue weighted by Gasteiger charge is -2.36. The molecule has 3 aromatic rings. The summed E-state index contributed by atoms with van der Waals surface area (Å²) < 4.78 is 16.3. The van der Waals surface area contributed by atoms with E-state index in [1.165, 1.54) is 55.3 Å². The number of aromatic hydroxyl groups is 2. The van der Waals surface area contributed by atoms with Gasteiger partial charge in [0, 0.05) is 32.9 Å². The highest BCUT2D eigenvalue weighted by Gasteiger charge is 2.40. The minimum Gasteiger partial charge on any atom is -0.508 e. The Morgan fingerprint density at radius 1 is 0.638 bits per heavy atom. The molecule has 0 bridgehead atoms. The molecule has 58 heavy (non-hydrogen) atoms. The Bertz CT molecular complexity index is 1820. The minimum absolute atomic E-state index is 0.00475. The molecular weight excluding hydrogens is 745 g/mol. The summed E-state index contributed by atoms with van der Waals surface area (Å²) in [4.78, 5) is 74.2. The van der Waals surface area contributed by atoms with Gasteiger partial charge in [-0.3, -0.25) is 24.1 Å². The van der Waals surface area contributed by atoms with Gasteiger partial charge >= 0.3 is 11.9 Å². The molecule has 0 heterocycles. The van der Waals surface area contributed by atoms with E-state index in [9.17, 15) is 34.2 Å². The molecule has 0 aliphatic heterocycles. The summed E-state index contributed by atoms with van der Waals surface area (Å²) in [6, 6.07) is 15.6. The summed E-state index contributed by atoms with van der Waals surface area (Å²) in [5.74, 6) is -3.22. The lowest BCUT2D eigenvalue weighted by molar-refractivity contribution is -0.164. The van der Waals surface area contributed by atoms with Crippen LogP contribution >= 0.6 is 0 Å². The monoisotopic (exact) mass is 804 g/mol. The maximum Gasteiger partial charge on any atom is 0.328 e. The van der Waals surface area contributed by atoms with Gasteiger partial charge in [-0.15, -0.1) is 0 Å². The predicted molar refractivity (Wildman–Crippen MR) is 219 cm³/mol. The van der Waals surface area contributed by atoms with Crippen molar-refractivity contribution in [2.45, 2.75) is 83.6 Å². The van der Waals surface area contributed by atoms with E-state index in [0.717, 1.165) is 5.56 Å². The van der Waals surface area contributed by atoms with E-state index in [4.69, 9.17) is 14.2 Å². The molecule has 0 aromatic heterocycles. The van der Waals surface area contributed by atoms with E-state index in [-0.39, 0.29) is 24.3 Å². The molecule has 14 nitrogen and oxygen atoms in total. The predicted octanol–water partition coefficient (Wildman–Crippen LogP) is 3.99. The number of likely N-dealkylation sites (N-methyl/N-ethyl adjacent to an activating group) is 3. The first kappa shape index (κ1) is 46.8. The topological polar surface area (TPSA) is 175 Å². The van der Waals surface area contributed by atoms with Crippen molar-refractivity contribution in [3.63, 3.8) is 0 Å². The van der Waals surface area contributed by atoms with Gasteiger partial charge in [0.1, 0.15) is 41.4 Å². The third-order valence-electron chi connectivity index (χ3n) is 10.5. The fourth-order valence-corrected chi connectivity index (χ4v) is 6.43. The van der Waals surface area contributed by atoms with Gasteiger partial charge in [-0.2, -0.15) is 0 Å². The third-order valence-corrected chi connectivity index (χ3v) is 10.5. The summed E-state index contributed by atoms with van der Waals surface area (Å²) in [5.41, 5.74) is 2.15. The van der Waals surface area contributed by atoms with Crippen LogP contribution in [-0.2, 0) is 52.7 Å². The van der Waals surface area contributed by atoms with Crippen molar-refractivity contribution in [3.05, 3.63) is 89.5 Å². The van der Waals surface area contributed by atoms with Crippen LogP contribution in [0.1, 0.15) is 50.8 Å². The van der Waals surface area contributed by atoms with Gasteiger partial charge < -0.3 is 39.5 Å². The van der Waals surface area contributed by atoms with Gasteiger partial charge in [-0.05, 0) is 85.9 Å². The third kappa shape index (κ3) is 12.7. The molecule has 0 radical (unpaired) electrons. The number of amides is 3. The molecule has 3 amide bonds. The molecule has 0 saturated heterocycles. The average molecular weight is 805 g/mol. The number of rotatable bonds is 20. The molecular formula is C44H60N4O10. The van der Waals surface area contributed by atoms with Crippen LogP contribution in [0, 0.1) is 11.8 Å². The van der Waals surface area contributed by atoms with E-state index in [1.807, 2.05) is 19.1 Å². The maximum absolute atomic E-state index is 14.5. The summed E-state index contributed by atoms with van der Waals surface area (Å²) in [6.07, 6.45) is -0.341. The number of hydrogen-bond acceptors (Lipinski definition) is 11. The number of phenolic OH excluding ortho intramolecular Hbond substituents is 2. The molecule has 0 aliphatic rings. The van der Waals surface area contributed by atoms with Crippen molar-refractivity contribution in [3.8, 4) is 17.2 Å². The molecule has 3 N–H and O–H groups in total. The summed E-state index contributed by atoms with van der Waals surface area (Å²) in [6.45, 7) is 7.18. The van der Waals surface area contributed by atoms with Crippen LogP contribution < -0.4 is 10.1 Å². The van der Waals surface area contributed by atoms with Gasteiger partial charge in [0.15, 0.2) is 6.10 Å². The van der Waals surface area contributed by atoms with E-state index < -0.39 is 71.8 Å². The van der Waals surface area contributed by atoms with Crippen molar-refractivity contribution >= 4 is 29.7 Å². The minimum atomic E-state index is -1.23. The second-order valence-electron chi connectivity index (χ2n) is 15.2. The average Bonchev–Trinajstić information content (AvgIpc) is 3.21. The molecule has 3 rings (SSSR count). The number of ether oxygens (including phenoxy) is 3. The molecule has 0 unspecified atom stereocenters. The van der Waals surface area contributed by atoms with Crippen molar-refractivity contribution in [1.82, 2.24) is 20.0 Å². The Labute approximate surface area is 342 Å². The fraction of sp³-hybridized carbons (Fsp3) is 0.477. The fourth-order valence-electron chi connectivity index (χ4n) is 6.43. The zero-order valence-electron chi connectivity index (χ0n) is 35.3. The lowest BCUT2D eigenvalue weighted by atomic mass is 9.96. The van der Waals surface area contributed by atoms with Crippen LogP contribution in [0.2, 0.25) is 0 Å². The quantitative estimate of drug-likeness (QED) is 0.141. The Morgan fingerprint density at radius 3 is 1.52 bits per heavy atom. The molecule has 6 atom stereocenters. The van der Waals surface area contributed by atoms with Gasteiger partial charge in [-0.25, -0.2) is 4.79 Å². The standard InChI is InChI=1S/C44H60N4O10/c1-11-28(4)39(58-44(55)36(46(5)6)25-31-16-22-34(56-9)23-17-31)40(51)45-38(27(2)3)42(53)47(7)35(24-29-12-18-32(49)19-13-29)41(52)48(8)37(43(54)57-10)26-30-14-20-33(50)21-15-30/h12-23,27-28,35-39,49-50H,11,24-26H2,1-10H3,(H,45,51)/t28-,35+,36+,37+,38-,39+/m0/s1. The highest BCUT2D eigenvalue weighted by molar-refractivity contribution is 5.95. The van der Waals surface area contributed by atoms with Crippen molar-refractivity contribution in [1.29, 1.82) is 0 Å². The summed E-state index contributed by atoms with van der Waals surface area (Å²) in [5, 5.41) is 22.6. The lowest BCUT2D eigenvalue weighted by Crippen LogP contribution is -2.59. The number of carbonyl (C=O) groups is 5. The highest BCUT2D eigenvalue weighted by atomic mass is 16.6. The van der Waals surface area contributed by atoms with Gasteiger partial charge in [-0.1, -0.05) is 64.1 Å². The van der Waals surface area contributed by atoms with Crippen molar-refractivity contribution < 1.29 is 48.4 Å². The van der Waals surface area contributed by atoms with Crippen molar-refractivity contribution in [2.24, 2.45) is 11.8 Å². The van der Waals surface area contributed by atoms with Crippen LogP contribution in [0.15, 0.2) is 72.8 Å². The largest absolute Gasteiger partial charge is 0.508 e. The number of nitrogens with zero attached hydrogens (tertiary/aromatic N) is 3. The first-order valence-electron chi connectivity index (χ1n) is 19.4. The van der Waals surface area contributed by atoms with E-state index >= 15 is 0 Å². The Balaban J connectivity index is 1.92. The van der Waals surface area contributed by atoms with E-state index in [0.29, 0.717) is 29.7 Å². The first-order chi connectivity index (χ1) is 27.4. The second kappa shape index (κ2) is 21.8. The van der Waals surface area contributed by atoms with Gasteiger partial charge in [0.2, 0.25) is 11.8 Å². The number of methoxy groups -OCH3 is 2. The number of carbonyl (C=O) groups excluding carboxylic acids is 5.